The molecule has 0 aromatic heterocycles. The number of carbonyl (C=O) groups excluding carboxylic acids is 1. The average Bonchev–Trinajstić information content (AvgIpc) is 3.24. The molecule has 3 aromatic carbocycles. The molecule has 304 valence electrons. The quantitative estimate of drug-likeness (QED) is 0.0662. The van der Waals surface area contributed by atoms with Crippen LogP contribution < -0.4 is 9.47 Å². The fourth-order valence-electron chi connectivity index (χ4n) is 8.87. The second kappa shape index (κ2) is 20.0. The van der Waals surface area contributed by atoms with E-state index in [0.29, 0.717) is 49.5 Å². The van der Waals surface area contributed by atoms with Gasteiger partial charge in [0.1, 0.15) is 29.9 Å². The number of fused-ring (bicyclic) bond motifs is 2. The zero-order chi connectivity index (χ0) is 40.2. The molecule has 1 fully saturated rings. The molecule has 0 spiro atoms. The van der Waals surface area contributed by atoms with Crippen molar-refractivity contribution in [2.75, 3.05) is 40.1 Å². The van der Waals surface area contributed by atoms with E-state index in [9.17, 15) is 15.0 Å². The van der Waals surface area contributed by atoms with Gasteiger partial charge >= 0.3 is 6.09 Å². The summed E-state index contributed by atoms with van der Waals surface area (Å²) in [6.07, 6.45) is 10.8. The lowest BCUT2D eigenvalue weighted by Crippen LogP contribution is -2.69. The number of likely N-dealkylation sites (N-methyl/N-ethyl adjacent to an activating group) is 1. The van der Waals surface area contributed by atoms with E-state index in [1.54, 1.807) is 24.1 Å². The van der Waals surface area contributed by atoms with Crippen LogP contribution in [0, 0.1) is 17.8 Å². The van der Waals surface area contributed by atoms with E-state index in [-0.39, 0.29) is 44.2 Å². The standard InChI is InChI=1S/C47H58N2O8/c1-5-8-29-53-46(52)49(4)43-32-41(48-55-7-3)39-30-35(18-12-14-26-50)38(19-13-15-27-51)44-40-31-37(24-25-42(40)57-47(43,45(39)44)54-28-6-2)56-36-22-20-34(21-23-36)33-16-10-9-11-17-33/h5-6,9-11,16-17,20-25,30-31,35,38,43-45,50-51H,1-2,7-8,12-15,18-19,26-29,32H2,3-4H3. The first kappa shape index (κ1) is 41.7. The molecule has 3 aromatic rings. The van der Waals surface area contributed by atoms with Crippen molar-refractivity contribution in [1.82, 2.24) is 4.90 Å². The number of hydrogen-bond donors (Lipinski definition) is 2. The molecule has 6 unspecified atom stereocenters. The van der Waals surface area contributed by atoms with Crippen LogP contribution in [-0.4, -0.2) is 78.8 Å². The minimum absolute atomic E-state index is 0.0932. The summed E-state index contributed by atoms with van der Waals surface area (Å²) >= 11 is 0. The number of unbranched alkanes of at least 4 members (excludes halogenated alkanes) is 2. The summed E-state index contributed by atoms with van der Waals surface area (Å²) in [5.74, 6) is 0.311. The Labute approximate surface area is 337 Å². The average molecular weight is 779 g/mol. The zero-order valence-electron chi connectivity index (χ0n) is 33.4. The van der Waals surface area contributed by atoms with Crippen LogP contribution in [0.4, 0.5) is 4.79 Å². The second-order valence-electron chi connectivity index (χ2n) is 15.0. The number of benzene rings is 3. The molecular weight excluding hydrogens is 721 g/mol. The highest BCUT2D eigenvalue weighted by Gasteiger charge is 2.65. The summed E-state index contributed by atoms with van der Waals surface area (Å²) in [5.41, 5.74) is 4.92. The number of carbonyl (C=O) groups is 1. The molecular formula is C47H58N2O8. The Morgan fingerprint density at radius 1 is 0.947 bits per heavy atom. The lowest BCUT2D eigenvalue weighted by atomic mass is 9.55. The third-order valence-electron chi connectivity index (χ3n) is 11.4. The third-order valence-corrected chi connectivity index (χ3v) is 11.4. The summed E-state index contributed by atoms with van der Waals surface area (Å²) in [6.45, 7) is 10.6. The van der Waals surface area contributed by atoms with Crippen LogP contribution in [0.3, 0.4) is 0 Å². The molecule has 1 saturated carbocycles. The van der Waals surface area contributed by atoms with Gasteiger partial charge in [0.05, 0.1) is 24.8 Å². The van der Waals surface area contributed by atoms with E-state index in [4.69, 9.17) is 28.9 Å². The van der Waals surface area contributed by atoms with Gasteiger partial charge in [0, 0.05) is 38.2 Å². The molecule has 3 aliphatic rings. The van der Waals surface area contributed by atoms with Crippen molar-refractivity contribution in [3.8, 4) is 28.4 Å². The fourth-order valence-corrected chi connectivity index (χ4v) is 8.87. The van der Waals surface area contributed by atoms with Crippen molar-refractivity contribution in [1.29, 1.82) is 0 Å². The Bertz CT molecular complexity index is 1860. The lowest BCUT2D eigenvalue weighted by molar-refractivity contribution is -0.253. The largest absolute Gasteiger partial charge is 0.459 e. The second-order valence-corrected chi connectivity index (χ2v) is 15.0. The van der Waals surface area contributed by atoms with Crippen LogP contribution in [0.2, 0.25) is 0 Å². The lowest BCUT2D eigenvalue weighted by Gasteiger charge is -2.59. The fraction of sp³-hybridized carbons (Fsp3) is 0.447. The smallest absolute Gasteiger partial charge is 0.409 e. The molecule has 57 heavy (non-hydrogen) atoms. The minimum atomic E-state index is -1.35. The maximum Gasteiger partial charge on any atom is 0.409 e. The molecule has 0 radical (unpaired) electrons. The summed E-state index contributed by atoms with van der Waals surface area (Å²) in [6, 6.07) is 23.6. The van der Waals surface area contributed by atoms with E-state index in [1.165, 1.54) is 0 Å². The Hall–Kier alpha value is -4.90. The SMILES string of the molecule is C=CCCOC(=O)N(C)C1CC(=NOCC)C2=CC(CCCCO)C(CCCCO)C3c4cc(Oc5ccc(-c6ccccc6)cc5)ccc4OC1(OCC=C)C23. The molecule has 2 N–H and O–H groups in total. The monoisotopic (exact) mass is 778 g/mol. The molecule has 2 aliphatic carbocycles. The van der Waals surface area contributed by atoms with Crippen LogP contribution in [-0.2, 0) is 14.3 Å². The highest BCUT2D eigenvalue weighted by atomic mass is 16.7. The van der Waals surface area contributed by atoms with Gasteiger partial charge in [-0.1, -0.05) is 78.7 Å². The van der Waals surface area contributed by atoms with Gasteiger partial charge in [0.15, 0.2) is 0 Å². The van der Waals surface area contributed by atoms with Gasteiger partial charge in [-0.2, -0.15) is 0 Å². The highest BCUT2D eigenvalue weighted by Crippen LogP contribution is 2.62. The molecule has 0 saturated heterocycles. The Kier molecular flexibility index (Phi) is 14.6. The van der Waals surface area contributed by atoms with Gasteiger partial charge in [0.2, 0.25) is 5.79 Å². The summed E-state index contributed by atoms with van der Waals surface area (Å²) in [7, 11) is 1.72. The molecule has 10 nitrogen and oxygen atoms in total. The van der Waals surface area contributed by atoms with Gasteiger partial charge in [-0.15, -0.1) is 13.2 Å². The number of nitrogens with zero attached hydrogens (tertiary/aromatic N) is 2. The number of oxime groups is 1. The number of aliphatic hydroxyl groups excluding tert-OH is 2. The van der Waals surface area contributed by atoms with Crippen molar-refractivity contribution in [3.63, 3.8) is 0 Å². The number of aliphatic hydroxyl groups is 2. The van der Waals surface area contributed by atoms with E-state index < -0.39 is 23.8 Å². The maximum absolute atomic E-state index is 13.8. The van der Waals surface area contributed by atoms with Gasteiger partial charge in [-0.3, -0.25) is 0 Å². The molecule has 1 amide bonds. The van der Waals surface area contributed by atoms with Crippen LogP contribution in [0.5, 0.6) is 17.2 Å². The predicted molar refractivity (Wildman–Crippen MR) is 222 cm³/mol. The van der Waals surface area contributed by atoms with Crippen molar-refractivity contribution in [2.45, 2.75) is 76.0 Å². The van der Waals surface area contributed by atoms with E-state index in [0.717, 1.165) is 53.7 Å². The molecule has 6 rings (SSSR count). The number of ether oxygens (including phenoxy) is 4. The van der Waals surface area contributed by atoms with Crippen molar-refractivity contribution in [2.24, 2.45) is 22.9 Å². The van der Waals surface area contributed by atoms with Gasteiger partial charge in [0.25, 0.3) is 0 Å². The maximum atomic E-state index is 13.8. The van der Waals surface area contributed by atoms with Gasteiger partial charge in [-0.05, 0) is 97.9 Å². The summed E-state index contributed by atoms with van der Waals surface area (Å²) in [5, 5.41) is 24.4. The summed E-state index contributed by atoms with van der Waals surface area (Å²) < 4.78 is 26.4. The predicted octanol–water partition coefficient (Wildman–Crippen LogP) is 9.44. The molecule has 1 aliphatic heterocycles. The zero-order valence-corrected chi connectivity index (χ0v) is 33.4. The van der Waals surface area contributed by atoms with Crippen LogP contribution >= 0.6 is 0 Å². The molecule has 6 atom stereocenters. The van der Waals surface area contributed by atoms with Crippen LogP contribution in [0.15, 0.2) is 115 Å². The molecule has 10 heteroatoms. The summed E-state index contributed by atoms with van der Waals surface area (Å²) in [4.78, 5) is 21.1. The number of amides is 1. The van der Waals surface area contributed by atoms with Gasteiger partial charge in [-0.25, -0.2) is 4.79 Å². The van der Waals surface area contributed by atoms with E-state index in [2.05, 4.69) is 49.6 Å². The van der Waals surface area contributed by atoms with Gasteiger partial charge < -0.3 is 38.9 Å². The van der Waals surface area contributed by atoms with Crippen molar-refractivity contribution < 1.29 is 38.8 Å². The third kappa shape index (κ3) is 9.30. The topological polar surface area (TPSA) is 119 Å². The van der Waals surface area contributed by atoms with Crippen molar-refractivity contribution >= 4 is 11.8 Å². The van der Waals surface area contributed by atoms with E-state index >= 15 is 0 Å². The van der Waals surface area contributed by atoms with Crippen LogP contribution in [0.25, 0.3) is 11.1 Å². The number of rotatable bonds is 20. The Morgan fingerprint density at radius 3 is 2.37 bits per heavy atom. The Balaban J connectivity index is 1.50. The first-order chi connectivity index (χ1) is 27.9. The first-order valence-corrected chi connectivity index (χ1v) is 20.4. The molecule has 0 bridgehead atoms. The molecule has 1 heterocycles. The number of hydrogen-bond acceptors (Lipinski definition) is 9. The minimum Gasteiger partial charge on any atom is -0.459 e. The highest BCUT2D eigenvalue weighted by molar-refractivity contribution is 6.03. The van der Waals surface area contributed by atoms with E-state index in [1.807, 2.05) is 49.4 Å². The van der Waals surface area contributed by atoms with Crippen molar-refractivity contribution in [3.05, 3.63) is 115 Å². The first-order valence-electron chi connectivity index (χ1n) is 20.4. The normalized spacial score (nSPS) is 24.0. The number of allylic oxidation sites excluding steroid dienone is 1. The Morgan fingerprint density at radius 2 is 1.67 bits per heavy atom. The van der Waals surface area contributed by atoms with Crippen LogP contribution in [0.1, 0.15) is 69.8 Å².